The van der Waals surface area contributed by atoms with Crippen molar-refractivity contribution in [3.8, 4) is 6.07 Å². The summed E-state index contributed by atoms with van der Waals surface area (Å²) in [6, 6.07) is 1.74. The van der Waals surface area contributed by atoms with Gasteiger partial charge in [-0.3, -0.25) is 0 Å². The molecule has 0 atom stereocenters. The molecule has 0 spiro atoms. The van der Waals surface area contributed by atoms with Crippen molar-refractivity contribution < 1.29 is 9.53 Å². The molecule has 0 N–H and O–H groups in total. The zero-order valence-electron chi connectivity index (χ0n) is 9.53. The lowest BCUT2D eigenvalue weighted by atomic mass is 10.1. The highest BCUT2D eigenvalue weighted by molar-refractivity contribution is 5.82. The zero-order chi connectivity index (χ0) is 11.5. The van der Waals surface area contributed by atoms with Crippen LogP contribution in [0.1, 0.15) is 39.5 Å². The summed E-state index contributed by atoms with van der Waals surface area (Å²) in [5, 5.41) is 8.16. The van der Waals surface area contributed by atoms with Gasteiger partial charge in [0.05, 0.1) is 12.7 Å². The summed E-state index contributed by atoms with van der Waals surface area (Å²) in [6.07, 6.45) is 6.67. The van der Waals surface area contributed by atoms with Crippen LogP contribution in [0.5, 0.6) is 0 Å². The topological polar surface area (TPSA) is 50.1 Å². The van der Waals surface area contributed by atoms with E-state index < -0.39 is 5.97 Å². The van der Waals surface area contributed by atoms with Crippen LogP contribution in [-0.2, 0) is 9.53 Å². The van der Waals surface area contributed by atoms with Crippen LogP contribution in [0.25, 0.3) is 0 Å². The van der Waals surface area contributed by atoms with E-state index >= 15 is 0 Å². The fourth-order valence-electron chi connectivity index (χ4n) is 1.16. The van der Waals surface area contributed by atoms with Gasteiger partial charge in [-0.1, -0.05) is 33.1 Å². The monoisotopic (exact) mass is 209 g/mol. The summed E-state index contributed by atoms with van der Waals surface area (Å²) < 4.78 is 4.87. The third-order valence-electron chi connectivity index (χ3n) is 1.96. The average Bonchev–Trinajstić information content (AvgIpc) is 2.19. The number of allylic oxidation sites excluding steroid dienone is 1. The molecule has 0 fully saturated rings. The fraction of sp³-hybridized carbons (Fsp3) is 0.667. The van der Waals surface area contributed by atoms with Gasteiger partial charge in [-0.25, -0.2) is 4.79 Å². The van der Waals surface area contributed by atoms with E-state index in [-0.39, 0.29) is 0 Å². The van der Waals surface area contributed by atoms with Gasteiger partial charge >= 0.3 is 5.97 Å². The number of carbonyl (C=O) groups excluding carboxylic acids is 1. The Bertz CT molecular complexity index is 238. The average molecular weight is 209 g/mol. The molecule has 0 amide bonds. The summed E-state index contributed by atoms with van der Waals surface area (Å²) in [7, 11) is 0. The van der Waals surface area contributed by atoms with E-state index in [0.717, 1.165) is 30.9 Å². The standard InChI is InChI=1S/C12H19NO2/c1-11(2)7-4-3-5-10-15-12(14)8-6-9-13/h6,8,11H,3-5,7,10H2,1-2H3. The zero-order valence-corrected chi connectivity index (χ0v) is 9.53. The van der Waals surface area contributed by atoms with Crippen LogP contribution < -0.4 is 0 Å². The summed E-state index contributed by atoms with van der Waals surface area (Å²) in [6.45, 7) is 4.85. The van der Waals surface area contributed by atoms with Crippen LogP contribution in [0, 0.1) is 17.2 Å². The maximum atomic E-state index is 10.9. The van der Waals surface area contributed by atoms with Gasteiger partial charge < -0.3 is 4.74 Å². The van der Waals surface area contributed by atoms with E-state index in [1.165, 1.54) is 12.8 Å². The predicted octanol–water partition coefficient (Wildman–Crippen LogP) is 2.83. The van der Waals surface area contributed by atoms with Crippen molar-refractivity contribution in [2.75, 3.05) is 6.61 Å². The van der Waals surface area contributed by atoms with Crippen LogP contribution in [0.15, 0.2) is 12.2 Å². The second-order valence-corrected chi connectivity index (χ2v) is 3.87. The van der Waals surface area contributed by atoms with Crippen molar-refractivity contribution in [3.05, 3.63) is 12.2 Å². The highest BCUT2D eigenvalue weighted by Crippen LogP contribution is 2.07. The van der Waals surface area contributed by atoms with E-state index in [1.54, 1.807) is 6.07 Å². The summed E-state index contributed by atoms with van der Waals surface area (Å²) in [4.78, 5) is 10.9. The van der Waals surface area contributed by atoms with E-state index in [4.69, 9.17) is 10.00 Å². The second-order valence-electron chi connectivity index (χ2n) is 3.87. The number of unbranched alkanes of at least 4 members (excludes halogenated alkanes) is 2. The molecule has 0 bridgehead atoms. The lowest BCUT2D eigenvalue weighted by Gasteiger charge is -2.04. The molecule has 0 rings (SSSR count). The molecule has 0 aliphatic carbocycles. The van der Waals surface area contributed by atoms with Crippen LogP contribution in [0.4, 0.5) is 0 Å². The van der Waals surface area contributed by atoms with Crippen LogP contribution in [0.3, 0.4) is 0 Å². The Hall–Kier alpha value is -1.30. The van der Waals surface area contributed by atoms with Crippen molar-refractivity contribution >= 4 is 5.97 Å². The minimum atomic E-state index is -0.430. The lowest BCUT2D eigenvalue weighted by molar-refractivity contribution is -0.137. The van der Waals surface area contributed by atoms with Crippen molar-refractivity contribution in [2.24, 2.45) is 5.92 Å². The van der Waals surface area contributed by atoms with E-state index in [2.05, 4.69) is 13.8 Å². The highest BCUT2D eigenvalue weighted by Gasteiger charge is 1.97. The molecule has 0 aromatic rings. The normalized spacial score (nSPS) is 10.5. The van der Waals surface area contributed by atoms with Gasteiger partial charge in [0.2, 0.25) is 0 Å². The number of carbonyl (C=O) groups is 1. The van der Waals surface area contributed by atoms with Crippen LogP contribution >= 0.6 is 0 Å². The quantitative estimate of drug-likeness (QED) is 0.280. The van der Waals surface area contributed by atoms with Gasteiger partial charge in [-0.2, -0.15) is 5.26 Å². The van der Waals surface area contributed by atoms with Gasteiger partial charge in [0, 0.05) is 12.2 Å². The molecular formula is C12H19NO2. The molecule has 0 aliphatic heterocycles. The third kappa shape index (κ3) is 10.6. The first-order valence-electron chi connectivity index (χ1n) is 5.39. The number of nitrogens with zero attached hydrogens (tertiary/aromatic N) is 1. The van der Waals surface area contributed by atoms with E-state index in [9.17, 15) is 4.79 Å². The molecule has 15 heavy (non-hydrogen) atoms. The predicted molar refractivity (Wildman–Crippen MR) is 59.0 cm³/mol. The number of hydrogen-bond donors (Lipinski definition) is 0. The second kappa shape index (κ2) is 9.26. The molecule has 0 radical (unpaired) electrons. The number of ether oxygens (including phenoxy) is 1. The maximum absolute atomic E-state index is 10.9. The Kier molecular flexibility index (Phi) is 8.46. The summed E-state index contributed by atoms with van der Waals surface area (Å²) >= 11 is 0. The molecule has 0 unspecified atom stereocenters. The molecule has 0 saturated heterocycles. The Morgan fingerprint density at radius 3 is 2.73 bits per heavy atom. The summed E-state index contributed by atoms with van der Waals surface area (Å²) in [5.74, 6) is 0.312. The molecule has 84 valence electrons. The Morgan fingerprint density at radius 1 is 1.40 bits per heavy atom. The summed E-state index contributed by atoms with van der Waals surface area (Å²) in [5.41, 5.74) is 0. The van der Waals surface area contributed by atoms with Crippen LogP contribution in [0.2, 0.25) is 0 Å². The molecular weight excluding hydrogens is 190 g/mol. The molecule has 0 aliphatic rings. The molecule has 3 nitrogen and oxygen atoms in total. The maximum Gasteiger partial charge on any atom is 0.331 e. The number of nitriles is 1. The Balaban J connectivity index is 3.28. The first-order valence-corrected chi connectivity index (χ1v) is 5.39. The van der Waals surface area contributed by atoms with Crippen LogP contribution in [-0.4, -0.2) is 12.6 Å². The van der Waals surface area contributed by atoms with Gasteiger partial charge in [-0.05, 0) is 12.3 Å². The Labute approximate surface area is 91.7 Å². The first kappa shape index (κ1) is 13.7. The van der Waals surface area contributed by atoms with Gasteiger partial charge in [0.1, 0.15) is 0 Å². The first-order chi connectivity index (χ1) is 7.16. The molecule has 0 aromatic carbocycles. The van der Waals surface area contributed by atoms with Gasteiger partial charge in [-0.15, -0.1) is 0 Å². The molecule has 0 aromatic heterocycles. The molecule has 3 heteroatoms. The van der Waals surface area contributed by atoms with Crippen molar-refractivity contribution in [2.45, 2.75) is 39.5 Å². The number of hydrogen-bond acceptors (Lipinski definition) is 3. The highest BCUT2D eigenvalue weighted by atomic mass is 16.5. The minimum absolute atomic E-state index is 0.430. The Morgan fingerprint density at radius 2 is 2.13 bits per heavy atom. The van der Waals surface area contributed by atoms with Crippen molar-refractivity contribution in [1.29, 1.82) is 5.26 Å². The largest absolute Gasteiger partial charge is 0.463 e. The van der Waals surface area contributed by atoms with E-state index in [0.29, 0.717) is 6.61 Å². The lowest BCUT2D eigenvalue weighted by Crippen LogP contribution is -2.02. The van der Waals surface area contributed by atoms with Gasteiger partial charge in [0.15, 0.2) is 0 Å². The minimum Gasteiger partial charge on any atom is -0.463 e. The molecule has 0 saturated carbocycles. The SMILES string of the molecule is CC(C)CCCCCOC(=O)C=CC#N. The van der Waals surface area contributed by atoms with Crippen molar-refractivity contribution in [1.82, 2.24) is 0 Å². The number of esters is 1. The van der Waals surface area contributed by atoms with E-state index in [1.807, 2.05) is 0 Å². The van der Waals surface area contributed by atoms with Crippen molar-refractivity contribution in [3.63, 3.8) is 0 Å². The third-order valence-corrected chi connectivity index (χ3v) is 1.96. The molecule has 0 heterocycles. The number of rotatable bonds is 7. The fourth-order valence-corrected chi connectivity index (χ4v) is 1.16. The van der Waals surface area contributed by atoms with Gasteiger partial charge in [0.25, 0.3) is 0 Å². The smallest absolute Gasteiger partial charge is 0.331 e.